The van der Waals surface area contributed by atoms with Crippen LogP contribution in [0.15, 0.2) is 36.9 Å². The van der Waals surface area contributed by atoms with Gasteiger partial charge in [-0.25, -0.2) is 0 Å². The SMILES string of the molecule is OCCOCCN(Cn1cccn1)Cn1cccn1. The summed E-state index contributed by atoms with van der Waals surface area (Å²) in [5, 5.41) is 17.1. The van der Waals surface area contributed by atoms with Crippen molar-refractivity contribution in [1.29, 1.82) is 0 Å². The molecule has 0 saturated heterocycles. The Labute approximate surface area is 112 Å². The highest BCUT2D eigenvalue weighted by atomic mass is 16.5. The van der Waals surface area contributed by atoms with E-state index in [0.717, 1.165) is 6.54 Å². The highest BCUT2D eigenvalue weighted by Gasteiger charge is 2.07. The smallest absolute Gasteiger partial charge is 0.0943 e. The molecular formula is C12H19N5O2. The van der Waals surface area contributed by atoms with Crippen LogP contribution in [-0.4, -0.2) is 55.9 Å². The Bertz CT molecular complexity index is 393. The van der Waals surface area contributed by atoms with E-state index in [1.165, 1.54) is 0 Å². The van der Waals surface area contributed by atoms with Crippen molar-refractivity contribution >= 4 is 0 Å². The van der Waals surface area contributed by atoms with Gasteiger partial charge in [-0.2, -0.15) is 10.2 Å². The maximum absolute atomic E-state index is 8.68. The van der Waals surface area contributed by atoms with Crippen molar-refractivity contribution in [2.45, 2.75) is 13.3 Å². The number of rotatable bonds is 9. The minimum Gasteiger partial charge on any atom is -0.394 e. The molecule has 2 rings (SSSR count). The van der Waals surface area contributed by atoms with Crippen LogP contribution in [0.3, 0.4) is 0 Å². The summed E-state index contributed by atoms with van der Waals surface area (Å²) in [6.45, 7) is 3.10. The zero-order valence-electron chi connectivity index (χ0n) is 10.8. The lowest BCUT2D eigenvalue weighted by Gasteiger charge is -2.22. The first-order valence-electron chi connectivity index (χ1n) is 6.24. The predicted molar refractivity (Wildman–Crippen MR) is 69.1 cm³/mol. The van der Waals surface area contributed by atoms with Crippen LogP contribution in [0.25, 0.3) is 0 Å². The lowest BCUT2D eigenvalue weighted by Crippen LogP contribution is -2.32. The van der Waals surface area contributed by atoms with E-state index in [4.69, 9.17) is 9.84 Å². The minimum absolute atomic E-state index is 0.0539. The van der Waals surface area contributed by atoms with E-state index in [1.54, 1.807) is 12.4 Å². The molecule has 0 bridgehead atoms. The summed E-state index contributed by atoms with van der Waals surface area (Å²) in [5.41, 5.74) is 0. The van der Waals surface area contributed by atoms with E-state index in [0.29, 0.717) is 26.6 Å². The van der Waals surface area contributed by atoms with Gasteiger partial charge in [0, 0.05) is 31.3 Å². The van der Waals surface area contributed by atoms with E-state index in [1.807, 2.05) is 33.9 Å². The van der Waals surface area contributed by atoms with Crippen molar-refractivity contribution in [2.75, 3.05) is 26.4 Å². The third-order valence-electron chi connectivity index (χ3n) is 2.60. The Morgan fingerprint density at radius 3 is 2.11 bits per heavy atom. The summed E-state index contributed by atoms with van der Waals surface area (Å²) in [5.74, 6) is 0. The fraction of sp³-hybridized carbons (Fsp3) is 0.500. The van der Waals surface area contributed by atoms with Crippen molar-refractivity contribution in [2.24, 2.45) is 0 Å². The molecule has 7 heteroatoms. The number of aliphatic hydroxyl groups excluding tert-OH is 1. The molecule has 1 N–H and O–H groups in total. The van der Waals surface area contributed by atoms with Crippen LogP contribution in [0, 0.1) is 0 Å². The highest BCUT2D eigenvalue weighted by Crippen LogP contribution is 1.98. The van der Waals surface area contributed by atoms with Gasteiger partial charge in [0.2, 0.25) is 0 Å². The monoisotopic (exact) mass is 265 g/mol. The van der Waals surface area contributed by atoms with Crippen molar-refractivity contribution < 1.29 is 9.84 Å². The molecular weight excluding hydrogens is 246 g/mol. The first-order chi connectivity index (χ1) is 9.38. The van der Waals surface area contributed by atoms with Gasteiger partial charge < -0.3 is 9.84 Å². The second-order valence-electron chi connectivity index (χ2n) is 4.10. The molecule has 0 aliphatic heterocycles. The largest absolute Gasteiger partial charge is 0.394 e. The van der Waals surface area contributed by atoms with Gasteiger partial charge in [0.05, 0.1) is 33.2 Å². The molecule has 0 aromatic carbocycles. The molecule has 0 amide bonds. The molecule has 0 radical (unpaired) electrons. The summed E-state index contributed by atoms with van der Waals surface area (Å²) in [6, 6.07) is 3.79. The quantitative estimate of drug-likeness (QED) is 0.647. The number of hydrogen-bond donors (Lipinski definition) is 1. The van der Waals surface area contributed by atoms with Gasteiger partial charge in [0.1, 0.15) is 0 Å². The van der Waals surface area contributed by atoms with Crippen LogP contribution in [0.4, 0.5) is 0 Å². The van der Waals surface area contributed by atoms with Crippen LogP contribution in [0.1, 0.15) is 0 Å². The summed E-state index contributed by atoms with van der Waals surface area (Å²) in [6.07, 6.45) is 7.36. The van der Waals surface area contributed by atoms with Gasteiger partial charge in [-0.15, -0.1) is 0 Å². The Hall–Kier alpha value is -1.70. The van der Waals surface area contributed by atoms with Gasteiger partial charge in [-0.05, 0) is 12.1 Å². The van der Waals surface area contributed by atoms with Crippen LogP contribution in [-0.2, 0) is 18.1 Å². The molecule has 0 aliphatic carbocycles. The first kappa shape index (κ1) is 13.7. The fourth-order valence-electron chi connectivity index (χ4n) is 1.72. The van der Waals surface area contributed by atoms with Crippen molar-refractivity contribution in [1.82, 2.24) is 24.5 Å². The van der Waals surface area contributed by atoms with Gasteiger partial charge in [0.25, 0.3) is 0 Å². The van der Waals surface area contributed by atoms with E-state index in [-0.39, 0.29) is 6.61 Å². The molecule has 19 heavy (non-hydrogen) atoms. The number of nitrogens with zero attached hydrogens (tertiary/aromatic N) is 5. The molecule has 0 atom stereocenters. The third-order valence-corrected chi connectivity index (χ3v) is 2.60. The molecule has 0 spiro atoms. The molecule has 0 aliphatic rings. The lowest BCUT2D eigenvalue weighted by molar-refractivity contribution is 0.0535. The van der Waals surface area contributed by atoms with E-state index in [2.05, 4.69) is 15.1 Å². The number of hydrogen-bond acceptors (Lipinski definition) is 5. The Kier molecular flexibility index (Phi) is 5.54. The second kappa shape index (κ2) is 7.67. The zero-order valence-corrected chi connectivity index (χ0v) is 10.8. The van der Waals surface area contributed by atoms with Crippen LogP contribution >= 0.6 is 0 Å². The molecule has 0 saturated carbocycles. The third kappa shape index (κ3) is 4.82. The summed E-state index contributed by atoms with van der Waals surface area (Å²) in [4.78, 5) is 2.16. The average Bonchev–Trinajstić information content (AvgIpc) is 3.08. The van der Waals surface area contributed by atoms with Crippen LogP contribution in [0.5, 0.6) is 0 Å². The molecule has 0 unspecified atom stereocenters. The lowest BCUT2D eigenvalue weighted by atomic mass is 10.6. The second-order valence-corrected chi connectivity index (χ2v) is 4.10. The highest BCUT2D eigenvalue weighted by molar-refractivity contribution is 4.79. The maximum atomic E-state index is 8.68. The van der Waals surface area contributed by atoms with Crippen LogP contribution < -0.4 is 0 Å². The summed E-state index contributed by atoms with van der Waals surface area (Å²) < 4.78 is 9.01. The molecule has 7 nitrogen and oxygen atoms in total. The number of ether oxygens (including phenoxy) is 1. The zero-order chi connectivity index (χ0) is 13.3. The van der Waals surface area contributed by atoms with Crippen molar-refractivity contribution in [3.63, 3.8) is 0 Å². The van der Waals surface area contributed by atoms with Gasteiger partial charge in [0.15, 0.2) is 0 Å². The van der Waals surface area contributed by atoms with Crippen molar-refractivity contribution in [3.05, 3.63) is 36.9 Å². The number of aromatic nitrogens is 4. The van der Waals surface area contributed by atoms with E-state index >= 15 is 0 Å². The van der Waals surface area contributed by atoms with Crippen molar-refractivity contribution in [3.8, 4) is 0 Å². The topological polar surface area (TPSA) is 68.3 Å². The Morgan fingerprint density at radius 2 is 1.63 bits per heavy atom. The summed E-state index contributed by atoms with van der Waals surface area (Å²) >= 11 is 0. The molecule has 2 heterocycles. The van der Waals surface area contributed by atoms with Gasteiger partial charge >= 0.3 is 0 Å². The van der Waals surface area contributed by atoms with Crippen LogP contribution in [0.2, 0.25) is 0 Å². The average molecular weight is 265 g/mol. The Morgan fingerprint density at radius 1 is 1.00 bits per heavy atom. The number of aliphatic hydroxyl groups is 1. The summed E-state index contributed by atoms with van der Waals surface area (Å²) in [7, 11) is 0. The fourth-order valence-corrected chi connectivity index (χ4v) is 1.72. The predicted octanol–water partition coefficient (Wildman–Crippen LogP) is 0.00570. The maximum Gasteiger partial charge on any atom is 0.0943 e. The molecule has 0 fully saturated rings. The normalized spacial score (nSPS) is 11.3. The van der Waals surface area contributed by atoms with Gasteiger partial charge in [-0.1, -0.05) is 0 Å². The Balaban J connectivity index is 1.84. The molecule has 2 aromatic rings. The standard InChI is InChI=1S/C12H19N5O2/c18-8-10-19-9-7-15(11-16-5-1-3-13-16)12-17-6-2-4-14-17/h1-6,18H,7-12H2. The molecule has 2 aromatic heterocycles. The van der Waals surface area contributed by atoms with E-state index < -0.39 is 0 Å². The molecule has 104 valence electrons. The minimum atomic E-state index is 0.0539. The first-order valence-corrected chi connectivity index (χ1v) is 6.24. The van der Waals surface area contributed by atoms with E-state index in [9.17, 15) is 0 Å². The van der Waals surface area contributed by atoms with Gasteiger partial charge in [-0.3, -0.25) is 14.3 Å².